The Bertz CT molecular complexity index is 990. The van der Waals surface area contributed by atoms with E-state index in [-0.39, 0.29) is 16.6 Å². The van der Waals surface area contributed by atoms with Gasteiger partial charge in [0.15, 0.2) is 0 Å². The number of nitrogens with zero attached hydrogens (tertiary/aromatic N) is 2. The fourth-order valence-electron chi connectivity index (χ4n) is 4.73. The average molecular weight is 415 g/mol. The van der Waals surface area contributed by atoms with E-state index in [0.29, 0.717) is 17.5 Å². The molecule has 0 spiro atoms. The van der Waals surface area contributed by atoms with Gasteiger partial charge in [-0.05, 0) is 75.1 Å². The molecule has 2 bridgehead atoms. The molecule has 29 heavy (non-hydrogen) atoms. The van der Waals surface area contributed by atoms with Crippen LogP contribution in [0.5, 0.6) is 0 Å². The molecule has 4 atom stereocenters. The van der Waals surface area contributed by atoms with E-state index < -0.39 is 15.9 Å². The Morgan fingerprint density at radius 1 is 1.10 bits per heavy atom. The quantitative estimate of drug-likeness (QED) is 0.756. The molecule has 2 N–H and O–H groups in total. The Hall–Kier alpha value is -2.32. The lowest BCUT2D eigenvalue weighted by molar-refractivity contribution is 0.102. The molecule has 0 aliphatic heterocycles. The highest BCUT2D eigenvalue weighted by Gasteiger charge is 2.42. The molecule has 0 radical (unpaired) electrons. The number of anilines is 1. The predicted octanol–water partition coefficient (Wildman–Crippen LogP) is 3.14. The maximum atomic E-state index is 12.8. The van der Waals surface area contributed by atoms with E-state index in [9.17, 15) is 13.2 Å². The molecular formula is C21H26N4O3S. The number of amides is 1. The summed E-state index contributed by atoms with van der Waals surface area (Å²) >= 11 is 0. The second-order valence-corrected chi connectivity index (χ2v) is 9.98. The summed E-state index contributed by atoms with van der Waals surface area (Å²) < 4.78 is 28.4. The van der Waals surface area contributed by atoms with E-state index in [0.717, 1.165) is 18.0 Å². The van der Waals surface area contributed by atoms with Crippen LogP contribution in [-0.2, 0) is 10.0 Å². The zero-order chi connectivity index (χ0) is 20.6. The molecule has 4 rings (SSSR count). The summed E-state index contributed by atoms with van der Waals surface area (Å²) in [7, 11) is -3.60. The van der Waals surface area contributed by atoms with E-state index in [4.69, 9.17) is 0 Å². The number of carbonyl (C=O) groups excluding carboxylic acids is 1. The maximum Gasteiger partial charge on any atom is 0.275 e. The van der Waals surface area contributed by atoms with Crippen LogP contribution in [-0.4, -0.2) is 30.3 Å². The fourth-order valence-corrected chi connectivity index (χ4v) is 6.02. The molecule has 7 nitrogen and oxygen atoms in total. The summed E-state index contributed by atoms with van der Waals surface area (Å²) in [6, 6.07) is 6.10. The van der Waals surface area contributed by atoms with E-state index in [1.54, 1.807) is 19.1 Å². The van der Waals surface area contributed by atoms with Crippen LogP contribution in [0, 0.1) is 24.7 Å². The van der Waals surface area contributed by atoms with E-state index in [1.807, 2.05) is 6.92 Å². The van der Waals surface area contributed by atoms with Crippen LogP contribution in [0.15, 0.2) is 41.6 Å². The van der Waals surface area contributed by atoms with Crippen LogP contribution in [0.1, 0.15) is 48.8 Å². The molecule has 1 heterocycles. The summed E-state index contributed by atoms with van der Waals surface area (Å²) in [5.41, 5.74) is 1.43. The zero-order valence-corrected chi connectivity index (χ0v) is 17.4. The largest absolute Gasteiger partial charge is 0.321 e. The third-order valence-electron chi connectivity index (χ3n) is 6.21. The van der Waals surface area contributed by atoms with Gasteiger partial charge in [-0.15, -0.1) is 0 Å². The first-order chi connectivity index (χ1) is 13.8. The molecule has 2 aliphatic carbocycles. The molecule has 2 saturated carbocycles. The molecule has 4 unspecified atom stereocenters. The maximum absolute atomic E-state index is 12.8. The van der Waals surface area contributed by atoms with Gasteiger partial charge in [-0.2, -0.15) is 0 Å². The first-order valence-electron chi connectivity index (χ1n) is 10.0. The van der Waals surface area contributed by atoms with Gasteiger partial charge in [0.2, 0.25) is 10.0 Å². The summed E-state index contributed by atoms with van der Waals surface area (Å²) in [6.45, 7) is 3.76. The summed E-state index contributed by atoms with van der Waals surface area (Å²) in [6.07, 6.45) is 7.82. The lowest BCUT2D eigenvalue weighted by atomic mass is 9.84. The molecule has 2 aromatic rings. The van der Waals surface area contributed by atoms with Gasteiger partial charge in [-0.3, -0.25) is 9.78 Å². The number of fused-ring (bicyclic) bond motifs is 2. The summed E-state index contributed by atoms with van der Waals surface area (Å²) in [4.78, 5) is 20.5. The third-order valence-corrected chi connectivity index (χ3v) is 7.79. The standard InChI is InChI=1S/C21H26N4O3S/c1-13-11-23-20(12-22-13)21(26)24-17-5-7-18(8-6-17)29(27,28)25-14(2)19-10-15-3-4-16(19)9-15/h5-8,11-12,14-16,19,25H,3-4,9-10H2,1-2H3,(H,24,26). The number of aryl methyl sites for hydroxylation is 1. The van der Waals surface area contributed by atoms with Crippen LogP contribution in [0.4, 0.5) is 5.69 Å². The van der Waals surface area contributed by atoms with E-state index >= 15 is 0 Å². The lowest BCUT2D eigenvalue weighted by Crippen LogP contribution is -2.40. The van der Waals surface area contributed by atoms with Gasteiger partial charge in [0, 0.05) is 17.9 Å². The van der Waals surface area contributed by atoms with Crippen molar-refractivity contribution in [1.82, 2.24) is 14.7 Å². The van der Waals surface area contributed by atoms with Crippen LogP contribution in [0.3, 0.4) is 0 Å². The number of carbonyl (C=O) groups is 1. The highest BCUT2D eigenvalue weighted by atomic mass is 32.2. The molecule has 0 saturated heterocycles. The van der Waals surface area contributed by atoms with Crippen LogP contribution in [0.25, 0.3) is 0 Å². The van der Waals surface area contributed by atoms with Crippen molar-refractivity contribution in [2.24, 2.45) is 17.8 Å². The van der Waals surface area contributed by atoms with Crippen molar-refractivity contribution in [2.75, 3.05) is 5.32 Å². The highest BCUT2D eigenvalue weighted by molar-refractivity contribution is 7.89. The van der Waals surface area contributed by atoms with Gasteiger partial charge >= 0.3 is 0 Å². The van der Waals surface area contributed by atoms with Crippen molar-refractivity contribution >= 4 is 21.6 Å². The Labute approximate surface area is 171 Å². The van der Waals surface area contributed by atoms with Crippen molar-refractivity contribution < 1.29 is 13.2 Å². The number of hydrogen-bond donors (Lipinski definition) is 2. The van der Waals surface area contributed by atoms with E-state index in [1.165, 1.54) is 43.8 Å². The number of sulfonamides is 1. The minimum absolute atomic E-state index is 0.0743. The molecule has 154 valence electrons. The first kappa shape index (κ1) is 20.0. The number of hydrogen-bond acceptors (Lipinski definition) is 5. The van der Waals surface area contributed by atoms with Crippen LogP contribution in [0.2, 0.25) is 0 Å². The van der Waals surface area contributed by atoms with Crippen molar-refractivity contribution in [3.63, 3.8) is 0 Å². The minimum Gasteiger partial charge on any atom is -0.321 e. The van der Waals surface area contributed by atoms with Crippen molar-refractivity contribution in [3.8, 4) is 0 Å². The minimum atomic E-state index is -3.60. The average Bonchev–Trinajstić information content (AvgIpc) is 3.32. The normalized spacial score (nSPS) is 24.4. The molecule has 1 amide bonds. The van der Waals surface area contributed by atoms with Gasteiger partial charge in [-0.1, -0.05) is 6.42 Å². The van der Waals surface area contributed by atoms with Crippen LogP contribution >= 0.6 is 0 Å². The van der Waals surface area contributed by atoms with Gasteiger partial charge < -0.3 is 5.32 Å². The van der Waals surface area contributed by atoms with Gasteiger partial charge in [0.25, 0.3) is 5.91 Å². The van der Waals surface area contributed by atoms with Crippen molar-refractivity contribution in [3.05, 3.63) is 48.0 Å². The van der Waals surface area contributed by atoms with Gasteiger partial charge in [0.05, 0.1) is 16.8 Å². The molecule has 2 fully saturated rings. The zero-order valence-electron chi connectivity index (χ0n) is 16.6. The Morgan fingerprint density at radius 2 is 1.86 bits per heavy atom. The monoisotopic (exact) mass is 414 g/mol. The number of benzene rings is 1. The summed E-state index contributed by atoms with van der Waals surface area (Å²) in [5.74, 6) is 1.46. The molecule has 1 aromatic heterocycles. The van der Waals surface area contributed by atoms with Crippen LogP contribution < -0.4 is 10.0 Å². The molecule has 2 aliphatic rings. The Morgan fingerprint density at radius 3 is 2.45 bits per heavy atom. The predicted molar refractivity (Wildman–Crippen MR) is 110 cm³/mol. The summed E-state index contributed by atoms with van der Waals surface area (Å²) in [5, 5.41) is 2.70. The number of aromatic nitrogens is 2. The van der Waals surface area contributed by atoms with Crippen molar-refractivity contribution in [2.45, 2.75) is 50.5 Å². The molecule has 8 heteroatoms. The smallest absolute Gasteiger partial charge is 0.275 e. The second-order valence-electron chi connectivity index (χ2n) is 8.27. The Balaban J connectivity index is 1.40. The Kier molecular flexibility index (Phi) is 5.40. The number of rotatable bonds is 6. The SMILES string of the molecule is Cc1cnc(C(=O)Nc2ccc(S(=O)(=O)NC(C)C3CC4CCC3C4)cc2)cn1. The topological polar surface area (TPSA) is 101 Å². The van der Waals surface area contributed by atoms with E-state index in [2.05, 4.69) is 20.0 Å². The molecule has 1 aromatic carbocycles. The fraction of sp³-hybridized carbons (Fsp3) is 0.476. The third kappa shape index (κ3) is 4.33. The lowest BCUT2D eigenvalue weighted by Gasteiger charge is -2.28. The van der Waals surface area contributed by atoms with Gasteiger partial charge in [0.1, 0.15) is 5.69 Å². The first-order valence-corrected chi connectivity index (χ1v) is 11.5. The second kappa shape index (κ2) is 7.84. The van der Waals surface area contributed by atoms with Crippen molar-refractivity contribution in [1.29, 1.82) is 0 Å². The number of nitrogens with one attached hydrogen (secondary N) is 2. The van der Waals surface area contributed by atoms with Gasteiger partial charge in [-0.25, -0.2) is 18.1 Å². The molecular weight excluding hydrogens is 388 g/mol. The highest BCUT2D eigenvalue weighted by Crippen LogP contribution is 2.49.